The molecule has 0 bridgehead atoms. The second kappa shape index (κ2) is 6.90. The fourth-order valence-electron chi connectivity index (χ4n) is 4.13. The average Bonchev–Trinajstić information content (AvgIpc) is 2.53. The smallest absolute Gasteiger partial charge is 0.310 e. The first-order chi connectivity index (χ1) is 9.84. The number of carbonyl (C=O) groups excluding carboxylic acids is 1. The molecular weight excluding hydrogens is 252 g/mol. The van der Waals surface area contributed by atoms with Crippen molar-refractivity contribution in [2.45, 2.75) is 51.0 Å². The van der Waals surface area contributed by atoms with Gasteiger partial charge in [-0.2, -0.15) is 0 Å². The number of carbonyl (C=O) groups is 1. The van der Waals surface area contributed by atoms with Crippen LogP contribution in [-0.2, 0) is 9.53 Å². The maximum absolute atomic E-state index is 12.1. The SMILES string of the molecule is O=C(OC[C@@H]1CCCN2CCCC[C@@H]12)[C@H]1CCCNC1. The lowest BCUT2D eigenvalue weighted by Crippen LogP contribution is -2.49. The largest absolute Gasteiger partial charge is 0.465 e. The first-order valence-corrected chi connectivity index (χ1v) is 8.46. The van der Waals surface area contributed by atoms with E-state index in [1.165, 1.54) is 45.2 Å². The molecule has 0 radical (unpaired) electrons. The molecule has 0 aromatic heterocycles. The fourth-order valence-corrected chi connectivity index (χ4v) is 4.13. The van der Waals surface area contributed by atoms with Gasteiger partial charge in [0.05, 0.1) is 12.5 Å². The number of fused-ring (bicyclic) bond motifs is 1. The monoisotopic (exact) mass is 280 g/mol. The van der Waals surface area contributed by atoms with Crippen LogP contribution in [0.25, 0.3) is 0 Å². The van der Waals surface area contributed by atoms with E-state index in [0.717, 1.165) is 25.9 Å². The van der Waals surface area contributed by atoms with Crippen LogP contribution in [0.5, 0.6) is 0 Å². The lowest BCUT2D eigenvalue weighted by Gasteiger charge is -2.44. The zero-order chi connectivity index (χ0) is 13.8. The molecule has 0 spiro atoms. The predicted molar refractivity (Wildman–Crippen MR) is 78.5 cm³/mol. The van der Waals surface area contributed by atoms with Gasteiger partial charge in [0.1, 0.15) is 0 Å². The summed E-state index contributed by atoms with van der Waals surface area (Å²) in [7, 11) is 0. The predicted octanol–water partition coefficient (Wildman–Crippen LogP) is 1.79. The summed E-state index contributed by atoms with van der Waals surface area (Å²) in [5.74, 6) is 0.699. The van der Waals surface area contributed by atoms with Crippen molar-refractivity contribution < 1.29 is 9.53 Å². The number of esters is 1. The Morgan fingerprint density at radius 2 is 2.00 bits per heavy atom. The van der Waals surface area contributed by atoms with E-state index < -0.39 is 0 Å². The molecular formula is C16H28N2O2. The van der Waals surface area contributed by atoms with Gasteiger partial charge in [-0.05, 0) is 58.2 Å². The molecule has 1 N–H and O–H groups in total. The van der Waals surface area contributed by atoms with Gasteiger partial charge in [0.15, 0.2) is 0 Å². The Labute approximate surface area is 122 Å². The van der Waals surface area contributed by atoms with Crippen molar-refractivity contribution in [1.82, 2.24) is 10.2 Å². The summed E-state index contributed by atoms with van der Waals surface area (Å²) in [6.07, 6.45) is 8.58. The van der Waals surface area contributed by atoms with Crippen LogP contribution in [0.4, 0.5) is 0 Å². The quantitative estimate of drug-likeness (QED) is 0.800. The summed E-state index contributed by atoms with van der Waals surface area (Å²) in [4.78, 5) is 14.8. The minimum Gasteiger partial charge on any atom is -0.465 e. The molecule has 3 fully saturated rings. The van der Waals surface area contributed by atoms with E-state index in [2.05, 4.69) is 10.2 Å². The molecule has 4 heteroatoms. The standard InChI is InChI=1S/C16H28N2O2/c19-16(13-5-3-8-17-11-13)20-12-14-6-4-10-18-9-2-1-7-15(14)18/h13-15,17H,1-12H2/t13-,14-,15-/m0/s1. The van der Waals surface area contributed by atoms with Crippen LogP contribution in [0.1, 0.15) is 44.9 Å². The first-order valence-electron chi connectivity index (χ1n) is 8.46. The molecule has 3 aliphatic heterocycles. The van der Waals surface area contributed by atoms with Gasteiger partial charge < -0.3 is 10.1 Å². The third-order valence-electron chi connectivity index (χ3n) is 5.30. The van der Waals surface area contributed by atoms with Gasteiger partial charge >= 0.3 is 5.97 Å². The highest BCUT2D eigenvalue weighted by atomic mass is 16.5. The number of nitrogens with zero attached hydrogens (tertiary/aromatic N) is 1. The van der Waals surface area contributed by atoms with E-state index in [4.69, 9.17) is 4.74 Å². The topological polar surface area (TPSA) is 41.6 Å². The zero-order valence-corrected chi connectivity index (χ0v) is 12.5. The molecule has 0 aromatic rings. The molecule has 0 aliphatic carbocycles. The average molecular weight is 280 g/mol. The van der Waals surface area contributed by atoms with Crippen LogP contribution < -0.4 is 5.32 Å². The highest BCUT2D eigenvalue weighted by Crippen LogP contribution is 2.31. The van der Waals surface area contributed by atoms with E-state index in [1.807, 2.05) is 0 Å². The molecule has 3 heterocycles. The van der Waals surface area contributed by atoms with E-state index in [1.54, 1.807) is 0 Å². The second-order valence-electron chi connectivity index (χ2n) is 6.67. The fraction of sp³-hybridized carbons (Fsp3) is 0.938. The summed E-state index contributed by atoms with van der Waals surface area (Å²) >= 11 is 0. The van der Waals surface area contributed by atoms with Gasteiger partial charge in [0.2, 0.25) is 0 Å². The maximum atomic E-state index is 12.1. The minimum absolute atomic E-state index is 0.0325. The molecule has 3 saturated heterocycles. The van der Waals surface area contributed by atoms with E-state index in [9.17, 15) is 4.79 Å². The first kappa shape index (κ1) is 14.3. The molecule has 3 aliphatic rings. The van der Waals surface area contributed by atoms with Gasteiger partial charge in [0, 0.05) is 18.5 Å². The minimum atomic E-state index is 0.0325. The number of hydrogen-bond acceptors (Lipinski definition) is 4. The Balaban J connectivity index is 1.48. The number of nitrogens with one attached hydrogen (secondary N) is 1. The van der Waals surface area contributed by atoms with Crippen LogP contribution in [0.15, 0.2) is 0 Å². The molecule has 0 amide bonds. The lowest BCUT2D eigenvalue weighted by atomic mass is 9.84. The zero-order valence-electron chi connectivity index (χ0n) is 12.5. The Bertz CT molecular complexity index is 326. The van der Waals surface area contributed by atoms with Crippen molar-refractivity contribution in [2.75, 3.05) is 32.8 Å². The molecule has 0 aromatic carbocycles. The van der Waals surface area contributed by atoms with Gasteiger partial charge in [-0.15, -0.1) is 0 Å². The van der Waals surface area contributed by atoms with Crippen molar-refractivity contribution in [2.24, 2.45) is 11.8 Å². The normalized spacial score (nSPS) is 35.3. The second-order valence-corrected chi connectivity index (χ2v) is 6.67. The van der Waals surface area contributed by atoms with Crippen molar-refractivity contribution in [3.63, 3.8) is 0 Å². The van der Waals surface area contributed by atoms with Crippen LogP contribution in [0.2, 0.25) is 0 Å². The third kappa shape index (κ3) is 3.34. The molecule has 4 nitrogen and oxygen atoms in total. The highest BCUT2D eigenvalue weighted by molar-refractivity contribution is 5.72. The van der Waals surface area contributed by atoms with Crippen molar-refractivity contribution in [3.8, 4) is 0 Å². The molecule has 0 unspecified atom stereocenters. The summed E-state index contributed by atoms with van der Waals surface area (Å²) < 4.78 is 5.66. The Morgan fingerprint density at radius 1 is 1.10 bits per heavy atom. The van der Waals surface area contributed by atoms with Crippen LogP contribution in [0.3, 0.4) is 0 Å². The van der Waals surface area contributed by atoms with Crippen LogP contribution >= 0.6 is 0 Å². The number of ether oxygens (including phenoxy) is 1. The summed E-state index contributed by atoms with van der Waals surface area (Å²) in [5, 5.41) is 3.29. The van der Waals surface area contributed by atoms with Crippen molar-refractivity contribution in [3.05, 3.63) is 0 Å². The van der Waals surface area contributed by atoms with Gasteiger partial charge in [-0.25, -0.2) is 0 Å². The van der Waals surface area contributed by atoms with Gasteiger partial charge in [-0.3, -0.25) is 9.69 Å². The van der Waals surface area contributed by atoms with E-state index >= 15 is 0 Å². The molecule has 3 atom stereocenters. The third-order valence-corrected chi connectivity index (χ3v) is 5.30. The Hall–Kier alpha value is -0.610. The molecule has 114 valence electrons. The molecule has 3 rings (SSSR count). The molecule has 20 heavy (non-hydrogen) atoms. The summed E-state index contributed by atoms with van der Waals surface area (Å²) in [5.41, 5.74) is 0. The Morgan fingerprint density at radius 3 is 2.85 bits per heavy atom. The van der Waals surface area contributed by atoms with Gasteiger partial charge in [-0.1, -0.05) is 6.42 Å². The summed E-state index contributed by atoms with van der Waals surface area (Å²) in [6, 6.07) is 0.676. The summed E-state index contributed by atoms with van der Waals surface area (Å²) in [6.45, 7) is 5.00. The number of hydrogen-bond donors (Lipinski definition) is 1. The van der Waals surface area contributed by atoms with Crippen molar-refractivity contribution in [1.29, 1.82) is 0 Å². The number of rotatable bonds is 3. The van der Waals surface area contributed by atoms with E-state index in [0.29, 0.717) is 18.6 Å². The van der Waals surface area contributed by atoms with Crippen molar-refractivity contribution >= 4 is 5.97 Å². The maximum Gasteiger partial charge on any atom is 0.310 e. The van der Waals surface area contributed by atoms with Gasteiger partial charge in [0.25, 0.3) is 0 Å². The van der Waals surface area contributed by atoms with Crippen LogP contribution in [-0.4, -0.2) is 49.7 Å². The highest BCUT2D eigenvalue weighted by Gasteiger charge is 2.34. The van der Waals surface area contributed by atoms with Crippen LogP contribution in [0, 0.1) is 11.8 Å². The Kier molecular flexibility index (Phi) is 4.94. The number of piperidine rings is 3. The lowest BCUT2D eigenvalue weighted by molar-refractivity contribution is -0.152. The van der Waals surface area contributed by atoms with E-state index in [-0.39, 0.29) is 11.9 Å². The molecule has 0 saturated carbocycles.